The molecule has 1 unspecified atom stereocenters. The van der Waals surface area contributed by atoms with Crippen molar-refractivity contribution in [1.82, 2.24) is 0 Å². The molecule has 0 aliphatic carbocycles. The van der Waals surface area contributed by atoms with E-state index in [4.69, 9.17) is 9.47 Å². The monoisotopic (exact) mass is 272 g/mol. The molecule has 0 heterocycles. The second-order valence-electron chi connectivity index (χ2n) is 5.89. The van der Waals surface area contributed by atoms with Gasteiger partial charge in [0, 0.05) is 6.42 Å². The summed E-state index contributed by atoms with van der Waals surface area (Å²) >= 11 is 0. The van der Waals surface area contributed by atoms with Crippen LogP contribution in [0.15, 0.2) is 0 Å². The number of ether oxygens (including phenoxy) is 2. The fourth-order valence-corrected chi connectivity index (χ4v) is 1.84. The maximum absolute atomic E-state index is 11.9. The molecule has 0 amide bonds. The summed E-state index contributed by atoms with van der Waals surface area (Å²) in [6.07, 6.45) is 1.27. The van der Waals surface area contributed by atoms with Gasteiger partial charge >= 0.3 is 11.9 Å². The van der Waals surface area contributed by atoms with Crippen molar-refractivity contribution in [2.75, 3.05) is 0 Å². The molecule has 0 aromatic rings. The van der Waals surface area contributed by atoms with Crippen LogP contribution in [0.1, 0.15) is 60.8 Å². The highest BCUT2D eigenvalue weighted by molar-refractivity contribution is 5.74. The van der Waals surface area contributed by atoms with Crippen LogP contribution >= 0.6 is 0 Å². The molecule has 0 radical (unpaired) electrons. The Hall–Kier alpha value is -1.06. The summed E-state index contributed by atoms with van der Waals surface area (Å²) in [6, 6.07) is 0. The number of hydrogen-bond acceptors (Lipinski definition) is 4. The molecule has 112 valence electrons. The first kappa shape index (κ1) is 17.9. The van der Waals surface area contributed by atoms with E-state index < -0.39 is 0 Å². The molecule has 19 heavy (non-hydrogen) atoms. The summed E-state index contributed by atoms with van der Waals surface area (Å²) in [6.45, 7) is 11.4. The fourth-order valence-electron chi connectivity index (χ4n) is 1.84. The van der Waals surface area contributed by atoms with Crippen molar-refractivity contribution in [3.05, 3.63) is 0 Å². The lowest BCUT2D eigenvalue weighted by Crippen LogP contribution is -2.24. The predicted molar refractivity (Wildman–Crippen MR) is 74.6 cm³/mol. The molecule has 0 saturated heterocycles. The van der Waals surface area contributed by atoms with Crippen molar-refractivity contribution in [3.63, 3.8) is 0 Å². The first-order valence-corrected chi connectivity index (χ1v) is 7.12. The third-order valence-corrected chi connectivity index (χ3v) is 2.51. The average Bonchev–Trinajstić information content (AvgIpc) is 2.21. The molecule has 0 aromatic heterocycles. The molecule has 0 saturated carbocycles. The zero-order valence-electron chi connectivity index (χ0n) is 13.1. The van der Waals surface area contributed by atoms with E-state index in [9.17, 15) is 9.59 Å². The lowest BCUT2D eigenvalue weighted by Gasteiger charge is -2.19. The Bertz CT molecular complexity index is 282. The van der Waals surface area contributed by atoms with Gasteiger partial charge in [0.05, 0.1) is 18.1 Å². The molecule has 0 N–H and O–H groups in total. The molecular weight excluding hydrogens is 244 g/mol. The van der Waals surface area contributed by atoms with Crippen molar-refractivity contribution >= 4 is 11.9 Å². The summed E-state index contributed by atoms with van der Waals surface area (Å²) in [5.41, 5.74) is 0. The van der Waals surface area contributed by atoms with Crippen molar-refractivity contribution < 1.29 is 19.1 Å². The molecule has 0 spiro atoms. The van der Waals surface area contributed by atoms with E-state index in [1.807, 2.05) is 27.7 Å². The standard InChI is InChI=1S/C15H28O4/c1-10(2)9-13(15(17)19-12(5)6)7-8-14(16)18-11(3)4/h10-13H,7-9H2,1-6H3. The van der Waals surface area contributed by atoms with E-state index >= 15 is 0 Å². The Kier molecular flexibility index (Phi) is 8.44. The summed E-state index contributed by atoms with van der Waals surface area (Å²) in [4.78, 5) is 23.5. The quantitative estimate of drug-likeness (QED) is 0.636. The Labute approximate surface area is 116 Å². The maximum atomic E-state index is 11.9. The lowest BCUT2D eigenvalue weighted by atomic mass is 9.93. The van der Waals surface area contributed by atoms with E-state index in [-0.39, 0.29) is 36.5 Å². The van der Waals surface area contributed by atoms with Crippen molar-refractivity contribution in [1.29, 1.82) is 0 Å². The normalized spacial score (nSPS) is 12.9. The summed E-state index contributed by atoms with van der Waals surface area (Å²) in [7, 11) is 0. The highest BCUT2D eigenvalue weighted by atomic mass is 16.5. The molecule has 0 bridgehead atoms. The van der Waals surface area contributed by atoms with Gasteiger partial charge in [-0.2, -0.15) is 0 Å². The number of carbonyl (C=O) groups excluding carboxylic acids is 2. The van der Waals surface area contributed by atoms with Crippen LogP contribution in [0.4, 0.5) is 0 Å². The van der Waals surface area contributed by atoms with Crippen LogP contribution < -0.4 is 0 Å². The zero-order valence-corrected chi connectivity index (χ0v) is 13.1. The van der Waals surface area contributed by atoms with Gasteiger partial charge in [0.25, 0.3) is 0 Å². The zero-order chi connectivity index (χ0) is 15.0. The number of hydrogen-bond donors (Lipinski definition) is 0. The SMILES string of the molecule is CC(C)CC(CCC(=O)OC(C)C)C(=O)OC(C)C. The fraction of sp³-hybridized carbons (Fsp3) is 0.867. The van der Waals surface area contributed by atoms with Crippen LogP contribution in [0, 0.1) is 11.8 Å². The molecule has 0 rings (SSSR count). The van der Waals surface area contributed by atoms with E-state index in [0.717, 1.165) is 6.42 Å². The number of rotatable bonds is 8. The molecule has 0 aliphatic rings. The second kappa shape index (κ2) is 8.94. The summed E-state index contributed by atoms with van der Waals surface area (Å²) < 4.78 is 10.3. The van der Waals surface area contributed by atoms with Crippen LogP contribution in [-0.2, 0) is 19.1 Å². The van der Waals surface area contributed by atoms with Gasteiger partial charge in [-0.05, 0) is 46.5 Å². The summed E-state index contributed by atoms with van der Waals surface area (Å²) in [5.74, 6) is -0.282. The minimum Gasteiger partial charge on any atom is -0.463 e. The first-order chi connectivity index (χ1) is 8.72. The number of esters is 2. The van der Waals surface area contributed by atoms with Crippen molar-refractivity contribution in [2.24, 2.45) is 11.8 Å². The van der Waals surface area contributed by atoms with Gasteiger partial charge in [0.2, 0.25) is 0 Å². The number of carbonyl (C=O) groups is 2. The van der Waals surface area contributed by atoms with Crippen molar-refractivity contribution in [3.8, 4) is 0 Å². The molecule has 4 nitrogen and oxygen atoms in total. The Morgan fingerprint density at radius 3 is 1.84 bits per heavy atom. The molecule has 0 fully saturated rings. The van der Waals surface area contributed by atoms with E-state index in [2.05, 4.69) is 13.8 Å². The topological polar surface area (TPSA) is 52.6 Å². The highest BCUT2D eigenvalue weighted by Crippen LogP contribution is 2.20. The van der Waals surface area contributed by atoms with Gasteiger partial charge in [0.15, 0.2) is 0 Å². The van der Waals surface area contributed by atoms with Crippen LogP contribution in [0.2, 0.25) is 0 Å². The third-order valence-electron chi connectivity index (χ3n) is 2.51. The summed E-state index contributed by atoms with van der Waals surface area (Å²) in [5, 5.41) is 0. The first-order valence-electron chi connectivity index (χ1n) is 7.12. The second-order valence-corrected chi connectivity index (χ2v) is 5.89. The largest absolute Gasteiger partial charge is 0.463 e. The molecule has 4 heteroatoms. The minimum atomic E-state index is -0.249. The molecule has 0 aromatic carbocycles. The Balaban J connectivity index is 4.35. The predicted octanol–water partition coefficient (Wildman–Crippen LogP) is 3.33. The molecular formula is C15H28O4. The Morgan fingerprint density at radius 1 is 0.895 bits per heavy atom. The van der Waals surface area contributed by atoms with E-state index in [1.54, 1.807) is 0 Å². The molecule has 0 aliphatic heterocycles. The van der Waals surface area contributed by atoms with Gasteiger partial charge in [-0.3, -0.25) is 9.59 Å². The van der Waals surface area contributed by atoms with Gasteiger partial charge in [-0.1, -0.05) is 13.8 Å². The van der Waals surface area contributed by atoms with Gasteiger partial charge in [-0.25, -0.2) is 0 Å². The Morgan fingerprint density at radius 2 is 1.42 bits per heavy atom. The lowest BCUT2D eigenvalue weighted by molar-refractivity contribution is -0.154. The minimum absolute atomic E-state index is 0.112. The van der Waals surface area contributed by atoms with Gasteiger partial charge in [-0.15, -0.1) is 0 Å². The average molecular weight is 272 g/mol. The van der Waals surface area contributed by atoms with Crippen LogP contribution in [0.25, 0.3) is 0 Å². The van der Waals surface area contributed by atoms with Crippen LogP contribution in [0.5, 0.6) is 0 Å². The van der Waals surface area contributed by atoms with Crippen LogP contribution in [-0.4, -0.2) is 24.1 Å². The van der Waals surface area contributed by atoms with Crippen LogP contribution in [0.3, 0.4) is 0 Å². The third kappa shape index (κ3) is 9.51. The highest BCUT2D eigenvalue weighted by Gasteiger charge is 2.23. The smallest absolute Gasteiger partial charge is 0.309 e. The van der Waals surface area contributed by atoms with Gasteiger partial charge < -0.3 is 9.47 Å². The van der Waals surface area contributed by atoms with Gasteiger partial charge in [0.1, 0.15) is 0 Å². The molecule has 1 atom stereocenters. The van der Waals surface area contributed by atoms with Crippen molar-refractivity contribution in [2.45, 2.75) is 73.0 Å². The van der Waals surface area contributed by atoms with E-state index in [1.165, 1.54) is 0 Å². The van der Waals surface area contributed by atoms with E-state index in [0.29, 0.717) is 12.3 Å². The maximum Gasteiger partial charge on any atom is 0.309 e.